The monoisotopic (exact) mass is 498 g/mol. The second kappa shape index (κ2) is 9.93. The average Bonchev–Trinajstić information content (AvgIpc) is 3.40. The van der Waals surface area contributed by atoms with Gasteiger partial charge in [-0.15, -0.1) is 0 Å². The van der Waals surface area contributed by atoms with Crippen molar-refractivity contribution in [3.8, 4) is 17.2 Å². The first-order valence-electron chi connectivity index (χ1n) is 11.0. The van der Waals surface area contributed by atoms with E-state index in [1.165, 1.54) is 12.1 Å². The molecule has 2 heterocycles. The molecule has 9 nitrogen and oxygen atoms in total. The Hall–Kier alpha value is -3.63. The molecule has 184 valence electrons. The SMILES string of the molecule is Cc1ccc(S(=O)(=O)NCCC(=O)OCC(=O)c2cc(C)n(-c3ccc4c(c3)OCO4)c2C)cc1. The van der Waals surface area contributed by atoms with Crippen molar-refractivity contribution in [1.29, 1.82) is 0 Å². The minimum atomic E-state index is -3.73. The van der Waals surface area contributed by atoms with Crippen LogP contribution in [0.4, 0.5) is 0 Å². The molecule has 0 amide bonds. The van der Waals surface area contributed by atoms with Crippen LogP contribution in [0, 0.1) is 20.8 Å². The van der Waals surface area contributed by atoms with Crippen molar-refractivity contribution >= 4 is 21.8 Å². The summed E-state index contributed by atoms with van der Waals surface area (Å²) in [7, 11) is -3.73. The van der Waals surface area contributed by atoms with Crippen LogP contribution in [0.5, 0.6) is 11.5 Å². The van der Waals surface area contributed by atoms with Crippen molar-refractivity contribution in [3.63, 3.8) is 0 Å². The second-order valence-electron chi connectivity index (χ2n) is 8.20. The first kappa shape index (κ1) is 24.5. The fraction of sp³-hybridized carbons (Fsp3) is 0.280. The Morgan fingerprint density at radius 2 is 1.71 bits per heavy atom. The molecular formula is C25H26N2O7S. The van der Waals surface area contributed by atoms with Crippen LogP contribution in [0.25, 0.3) is 5.69 Å². The number of aromatic nitrogens is 1. The normalized spacial score (nSPS) is 12.5. The predicted octanol–water partition coefficient (Wildman–Crippen LogP) is 3.23. The number of rotatable bonds is 9. The van der Waals surface area contributed by atoms with Crippen molar-refractivity contribution < 1.29 is 32.2 Å². The molecule has 1 N–H and O–H groups in total. The number of carbonyl (C=O) groups excluding carboxylic acids is 2. The van der Waals surface area contributed by atoms with Crippen molar-refractivity contribution in [2.75, 3.05) is 19.9 Å². The van der Waals surface area contributed by atoms with Crippen LogP contribution in [-0.4, -0.2) is 44.7 Å². The second-order valence-corrected chi connectivity index (χ2v) is 9.97. The van der Waals surface area contributed by atoms with Gasteiger partial charge in [0.2, 0.25) is 22.6 Å². The van der Waals surface area contributed by atoms with Gasteiger partial charge in [0.1, 0.15) is 0 Å². The van der Waals surface area contributed by atoms with E-state index < -0.39 is 22.6 Å². The Morgan fingerprint density at radius 1 is 1.00 bits per heavy atom. The van der Waals surface area contributed by atoms with Crippen LogP contribution >= 0.6 is 0 Å². The fourth-order valence-electron chi connectivity index (χ4n) is 3.85. The highest BCUT2D eigenvalue weighted by atomic mass is 32.2. The maximum absolute atomic E-state index is 12.8. The number of carbonyl (C=O) groups is 2. The number of sulfonamides is 1. The van der Waals surface area contributed by atoms with Gasteiger partial charge in [-0.25, -0.2) is 13.1 Å². The molecule has 1 aliphatic heterocycles. The lowest BCUT2D eigenvalue weighted by atomic mass is 10.1. The van der Waals surface area contributed by atoms with Gasteiger partial charge in [-0.2, -0.15) is 0 Å². The zero-order valence-corrected chi connectivity index (χ0v) is 20.5. The Balaban J connectivity index is 1.33. The van der Waals surface area contributed by atoms with Gasteiger partial charge in [-0.05, 0) is 51.1 Å². The van der Waals surface area contributed by atoms with Gasteiger partial charge in [-0.1, -0.05) is 17.7 Å². The van der Waals surface area contributed by atoms with Crippen LogP contribution < -0.4 is 14.2 Å². The third-order valence-electron chi connectivity index (χ3n) is 5.66. The molecule has 0 saturated heterocycles. The molecule has 4 rings (SSSR count). The van der Waals surface area contributed by atoms with Crippen molar-refractivity contribution in [3.05, 3.63) is 71.0 Å². The van der Waals surface area contributed by atoms with Gasteiger partial charge in [0.15, 0.2) is 18.1 Å². The average molecular weight is 499 g/mol. The molecule has 0 aliphatic carbocycles. The van der Waals surface area contributed by atoms with Gasteiger partial charge in [0.25, 0.3) is 0 Å². The van der Waals surface area contributed by atoms with E-state index in [1.54, 1.807) is 18.2 Å². The summed E-state index contributed by atoms with van der Waals surface area (Å²) >= 11 is 0. The Bertz CT molecular complexity index is 1380. The minimum absolute atomic E-state index is 0.115. The summed E-state index contributed by atoms with van der Waals surface area (Å²) in [5.74, 6) is 0.281. The summed E-state index contributed by atoms with van der Waals surface area (Å²) in [5, 5.41) is 0. The van der Waals surface area contributed by atoms with Crippen molar-refractivity contribution in [1.82, 2.24) is 9.29 Å². The van der Waals surface area contributed by atoms with Gasteiger partial charge >= 0.3 is 5.97 Å². The highest BCUT2D eigenvalue weighted by molar-refractivity contribution is 7.89. The molecule has 0 bridgehead atoms. The number of esters is 1. The van der Waals surface area contributed by atoms with Crippen LogP contribution in [0.3, 0.4) is 0 Å². The zero-order chi connectivity index (χ0) is 25.2. The largest absolute Gasteiger partial charge is 0.457 e. The quantitative estimate of drug-likeness (QED) is 0.356. The molecule has 35 heavy (non-hydrogen) atoms. The molecule has 1 aliphatic rings. The number of ether oxygens (including phenoxy) is 3. The molecule has 0 unspecified atom stereocenters. The maximum atomic E-state index is 12.8. The van der Waals surface area contributed by atoms with E-state index in [1.807, 2.05) is 43.5 Å². The molecule has 2 aromatic carbocycles. The van der Waals surface area contributed by atoms with Crippen molar-refractivity contribution in [2.24, 2.45) is 0 Å². The molecule has 0 spiro atoms. The summed E-state index contributed by atoms with van der Waals surface area (Å²) in [6.07, 6.45) is -0.200. The van der Waals surface area contributed by atoms with Gasteiger partial charge in [0, 0.05) is 35.2 Å². The first-order valence-corrected chi connectivity index (χ1v) is 12.5. The molecule has 0 fully saturated rings. The Morgan fingerprint density at radius 3 is 2.46 bits per heavy atom. The smallest absolute Gasteiger partial charge is 0.307 e. The molecule has 10 heteroatoms. The number of fused-ring (bicyclic) bond motifs is 1. The van der Waals surface area contributed by atoms with E-state index in [9.17, 15) is 18.0 Å². The third kappa shape index (κ3) is 5.39. The van der Waals surface area contributed by atoms with Gasteiger partial charge < -0.3 is 18.8 Å². The summed E-state index contributed by atoms with van der Waals surface area (Å²) in [4.78, 5) is 25.0. The Labute approximate surface area is 203 Å². The summed E-state index contributed by atoms with van der Waals surface area (Å²) < 4.78 is 44.7. The fourth-order valence-corrected chi connectivity index (χ4v) is 4.88. The number of ketones is 1. The first-order chi connectivity index (χ1) is 16.7. The number of Topliss-reactive ketones (excluding diaryl/α,β-unsaturated/α-hetero) is 1. The lowest BCUT2D eigenvalue weighted by Gasteiger charge is -2.11. The number of hydrogen-bond acceptors (Lipinski definition) is 7. The minimum Gasteiger partial charge on any atom is -0.457 e. The predicted molar refractivity (Wildman–Crippen MR) is 128 cm³/mol. The van der Waals surface area contributed by atoms with Crippen LogP contribution in [-0.2, 0) is 19.6 Å². The molecule has 0 radical (unpaired) electrons. The van der Waals surface area contributed by atoms with Crippen LogP contribution in [0.1, 0.15) is 33.7 Å². The highest BCUT2D eigenvalue weighted by Crippen LogP contribution is 2.35. The Kier molecular flexibility index (Phi) is 6.95. The molecule has 0 saturated carbocycles. The van der Waals surface area contributed by atoms with E-state index in [-0.39, 0.29) is 30.4 Å². The topological polar surface area (TPSA) is 113 Å². The molecule has 3 aromatic rings. The zero-order valence-electron chi connectivity index (χ0n) is 19.7. The van der Waals surface area contributed by atoms with Crippen LogP contribution in [0.2, 0.25) is 0 Å². The van der Waals surface area contributed by atoms with Gasteiger partial charge in [-0.3, -0.25) is 9.59 Å². The third-order valence-corrected chi connectivity index (χ3v) is 7.14. The number of aryl methyl sites for hydroxylation is 2. The lowest BCUT2D eigenvalue weighted by Crippen LogP contribution is -2.27. The molecular weight excluding hydrogens is 472 g/mol. The van der Waals surface area contributed by atoms with E-state index in [4.69, 9.17) is 14.2 Å². The number of benzene rings is 2. The van der Waals surface area contributed by atoms with E-state index in [0.717, 1.165) is 16.9 Å². The number of nitrogens with zero attached hydrogens (tertiary/aromatic N) is 1. The van der Waals surface area contributed by atoms with E-state index >= 15 is 0 Å². The van der Waals surface area contributed by atoms with E-state index in [0.29, 0.717) is 22.8 Å². The van der Waals surface area contributed by atoms with E-state index in [2.05, 4.69) is 4.72 Å². The maximum Gasteiger partial charge on any atom is 0.307 e. The number of nitrogens with one attached hydrogen (secondary N) is 1. The number of hydrogen-bond donors (Lipinski definition) is 1. The molecule has 0 atom stereocenters. The van der Waals surface area contributed by atoms with Crippen LogP contribution in [0.15, 0.2) is 53.4 Å². The highest BCUT2D eigenvalue weighted by Gasteiger charge is 2.21. The molecule has 1 aromatic heterocycles. The summed E-state index contributed by atoms with van der Waals surface area (Å²) in [6.45, 7) is 5.14. The van der Waals surface area contributed by atoms with Gasteiger partial charge in [0.05, 0.1) is 11.3 Å². The summed E-state index contributed by atoms with van der Waals surface area (Å²) in [6, 6.07) is 13.6. The lowest BCUT2D eigenvalue weighted by molar-refractivity contribution is -0.142. The van der Waals surface area contributed by atoms with Crippen molar-refractivity contribution in [2.45, 2.75) is 32.1 Å². The standard InChI is InChI=1S/C25H26N2O7S/c1-16-4-7-20(8-5-16)35(30,31)26-11-10-25(29)32-14-22(28)21-12-17(2)27(18(21)3)19-6-9-23-24(13-19)34-15-33-23/h4-9,12-13,26H,10-11,14-15H2,1-3H3. The summed E-state index contributed by atoms with van der Waals surface area (Å²) in [5.41, 5.74) is 3.73.